The molecule has 0 N–H and O–H groups in total. The van der Waals surface area contributed by atoms with Crippen LogP contribution in [0.2, 0.25) is 0 Å². The highest BCUT2D eigenvalue weighted by Gasteiger charge is 2.26. The van der Waals surface area contributed by atoms with Crippen molar-refractivity contribution >= 4 is 16.6 Å². The molecule has 3 heterocycles. The van der Waals surface area contributed by atoms with Crippen LogP contribution in [-0.4, -0.2) is 32.2 Å². The summed E-state index contributed by atoms with van der Waals surface area (Å²) < 4.78 is 14.1. The molecular weight excluding hydrogens is 367 g/mol. The van der Waals surface area contributed by atoms with Crippen molar-refractivity contribution in [3.8, 4) is 11.3 Å². The summed E-state index contributed by atoms with van der Waals surface area (Å²) in [5.74, 6) is 0.992. The Morgan fingerprint density at radius 2 is 1.90 bits per heavy atom. The zero-order valence-corrected chi connectivity index (χ0v) is 16.9. The Morgan fingerprint density at radius 1 is 1.10 bits per heavy atom. The van der Waals surface area contributed by atoms with E-state index in [1.54, 1.807) is 17.1 Å². The Morgan fingerprint density at radius 3 is 2.62 bits per heavy atom. The summed E-state index contributed by atoms with van der Waals surface area (Å²) in [6.07, 6.45) is 13.3. The summed E-state index contributed by atoms with van der Waals surface area (Å²) in [7, 11) is 1.88. The summed E-state index contributed by atoms with van der Waals surface area (Å²) >= 11 is 0. The molecule has 0 unspecified atom stereocenters. The fourth-order valence-corrected chi connectivity index (χ4v) is 4.35. The minimum Gasteiger partial charge on any atom is -0.299 e. The number of ketones is 1. The zero-order valence-electron chi connectivity index (χ0n) is 16.9. The van der Waals surface area contributed by atoms with Crippen LogP contribution in [0, 0.1) is 11.8 Å². The van der Waals surface area contributed by atoms with E-state index in [-0.39, 0.29) is 18.4 Å². The van der Waals surface area contributed by atoms with Crippen LogP contribution in [-0.2, 0) is 18.3 Å². The first-order valence-electron chi connectivity index (χ1n) is 10.4. The zero-order chi connectivity index (χ0) is 20.2. The largest absolute Gasteiger partial charge is 0.299 e. The number of alkyl halides is 1. The minimum atomic E-state index is -0.232. The normalized spacial score (nSPS) is 19.5. The molecule has 0 bridgehead atoms. The van der Waals surface area contributed by atoms with Gasteiger partial charge in [-0.25, -0.2) is 0 Å². The molecule has 0 aliphatic heterocycles. The van der Waals surface area contributed by atoms with Gasteiger partial charge in [0.15, 0.2) is 0 Å². The first kappa shape index (κ1) is 19.7. The van der Waals surface area contributed by atoms with E-state index in [1.165, 1.54) is 0 Å². The minimum absolute atomic E-state index is 0.123. The van der Waals surface area contributed by atoms with Gasteiger partial charge < -0.3 is 0 Å². The van der Waals surface area contributed by atoms with E-state index in [0.29, 0.717) is 18.8 Å². The third kappa shape index (κ3) is 4.69. The molecule has 0 atom stereocenters. The number of fused-ring (bicyclic) bond motifs is 1. The van der Waals surface area contributed by atoms with E-state index in [1.807, 2.05) is 31.6 Å². The maximum atomic E-state index is 12.8. The quantitative estimate of drug-likeness (QED) is 0.583. The molecule has 3 aromatic heterocycles. The Hall–Kier alpha value is -2.63. The average Bonchev–Trinajstić information content (AvgIpc) is 3.18. The lowest BCUT2D eigenvalue weighted by molar-refractivity contribution is -0.123. The SMILES string of the molecule is Cn1cc(-c2cc3cc(CC(=O)C4CCC(CCCF)CC4)ncc3cn2)cn1. The van der Waals surface area contributed by atoms with Gasteiger partial charge >= 0.3 is 0 Å². The number of nitrogens with zero attached hydrogens (tertiary/aromatic N) is 4. The van der Waals surface area contributed by atoms with E-state index in [9.17, 15) is 9.18 Å². The number of carbonyl (C=O) groups excluding carboxylic acids is 1. The summed E-state index contributed by atoms with van der Waals surface area (Å²) in [5.41, 5.74) is 2.64. The first-order valence-corrected chi connectivity index (χ1v) is 10.4. The molecule has 1 aliphatic carbocycles. The van der Waals surface area contributed by atoms with Crippen molar-refractivity contribution < 1.29 is 9.18 Å². The van der Waals surface area contributed by atoms with Gasteiger partial charge in [0, 0.05) is 54.6 Å². The molecule has 29 heavy (non-hydrogen) atoms. The first-order chi connectivity index (χ1) is 14.1. The maximum absolute atomic E-state index is 12.8. The average molecular weight is 394 g/mol. The molecule has 1 saturated carbocycles. The Balaban J connectivity index is 1.43. The highest BCUT2D eigenvalue weighted by Crippen LogP contribution is 2.32. The van der Waals surface area contributed by atoms with Gasteiger partial charge in [0.25, 0.3) is 0 Å². The summed E-state index contributed by atoms with van der Waals surface area (Å²) in [6.45, 7) is -0.232. The third-order valence-corrected chi connectivity index (χ3v) is 6.06. The van der Waals surface area contributed by atoms with Crippen LogP contribution in [0.25, 0.3) is 22.0 Å². The monoisotopic (exact) mass is 394 g/mol. The van der Waals surface area contributed by atoms with Gasteiger partial charge in [-0.3, -0.25) is 23.8 Å². The lowest BCUT2D eigenvalue weighted by Crippen LogP contribution is -2.23. The molecule has 1 aliphatic rings. The lowest BCUT2D eigenvalue weighted by atomic mass is 9.77. The van der Waals surface area contributed by atoms with Crippen molar-refractivity contribution in [2.75, 3.05) is 6.67 Å². The van der Waals surface area contributed by atoms with E-state index in [2.05, 4.69) is 15.1 Å². The van der Waals surface area contributed by atoms with E-state index >= 15 is 0 Å². The van der Waals surface area contributed by atoms with Crippen molar-refractivity contribution in [1.29, 1.82) is 0 Å². The van der Waals surface area contributed by atoms with Gasteiger partial charge in [0.1, 0.15) is 5.78 Å². The van der Waals surface area contributed by atoms with Gasteiger partial charge in [-0.2, -0.15) is 5.10 Å². The molecule has 0 radical (unpaired) electrons. The Bertz CT molecular complexity index is 991. The van der Waals surface area contributed by atoms with Crippen molar-refractivity contribution in [2.45, 2.75) is 44.9 Å². The maximum Gasteiger partial charge on any atom is 0.141 e. The van der Waals surface area contributed by atoms with Crippen molar-refractivity contribution in [2.24, 2.45) is 18.9 Å². The molecule has 0 amide bonds. The van der Waals surface area contributed by atoms with Crippen molar-refractivity contribution in [3.05, 3.63) is 42.6 Å². The Labute approximate surface area is 170 Å². The number of Topliss-reactive ketones (excluding diaryl/α,β-unsaturated/α-hetero) is 1. The molecule has 0 aromatic carbocycles. The van der Waals surface area contributed by atoms with Gasteiger partial charge in [0.2, 0.25) is 0 Å². The molecule has 0 saturated heterocycles. The number of hydrogen-bond donors (Lipinski definition) is 0. The van der Waals surface area contributed by atoms with Crippen molar-refractivity contribution in [3.63, 3.8) is 0 Å². The summed E-state index contributed by atoms with van der Waals surface area (Å²) in [4.78, 5) is 21.8. The highest BCUT2D eigenvalue weighted by molar-refractivity contribution is 5.87. The third-order valence-electron chi connectivity index (χ3n) is 6.06. The molecule has 4 rings (SSSR count). The number of hydrogen-bond acceptors (Lipinski definition) is 4. The summed E-state index contributed by atoms with van der Waals surface area (Å²) in [6, 6.07) is 4.03. The molecule has 1 fully saturated rings. The van der Waals surface area contributed by atoms with Gasteiger partial charge in [-0.15, -0.1) is 0 Å². The highest BCUT2D eigenvalue weighted by atomic mass is 19.1. The van der Waals surface area contributed by atoms with Crippen LogP contribution in [0.5, 0.6) is 0 Å². The predicted molar refractivity (Wildman–Crippen MR) is 111 cm³/mol. The Kier molecular flexibility index (Phi) is 5.97. The van der Waals surface area contributed by atoms with Crippen LogP contribution in [0.1, 0.15) is 44.2 Å². The molecule has 3 aromatic rings. The topological polar surface area (TPSA) is 60.7 Å². The number of carbonyl (C=O) groups is 1. The number of halogens is 1. The van der Waals surface area contributed by atoms with Crippen LogP contribution >= 0.6 is 0 Å². The fourth-order valence-electron chi connectivity index (χ4n) is 4.35. The molecular formula is C23H27FN4O. The van der Waals surface area contributed by atoms with Gasteiger partial charge in [-0.1, -0.05) is 0 Å². The van der Waals surface area contributed by atoms with Crippen LogP contribution in [0.15, 0.2) is 36.9 Å². The van der Waals surface area contributed by atoms with Crippen LogP contribution in [0.3, 0.4) is 0 Å². The number of pyridine rings is 2. The van der Waals surface area contributed by atoms with Gasteiger partial charge in [-0.05, 0) is 62.0 Å². The smallest absolute Gasteiger partial charge is 0.141 e. The number of aromatic nitrogens is 4. The second-order valence-electron chi connectivity index (χ2n) is 8.19. The molecule has 152 valence electrons. The molecule has 0 spiro atoms. The molecule has 6 heteroatoms. The van der Waals surface area contributed by atoms with Crippen molar-refractivity contribution in [1.82, 2.24) is 19.7 Å². The fraction of sp³-hybridized carbons (Fsp3) is 0.478. The summed E-state index contributed by atoms with van der Waals surface area (Å²) in [5, 5.41) is 6.20. The second-order valence-corrected chi connectivity index (χ2v) is 8.19. The van der Waals surface area contributed by atoms with Crippen LogP contribution < -0.4 is 0 Å². The number of aryl methyl sites for hydroxylation is 1. The van der Waals surface area contributed by atoms with E-state index < -0.39 is 0 Å². The van der Waals surface area contributed by atoms with E-state index in [0.717, 1.165) is 59.8 Å². The molecule has 5 nitrogen and oxygen atoms in total. The predicted octanol–water partition coefficient (Wildman–Crippen LogP) is 4.70. The standard InChI is InChI=1S/C23H27FN4O/c1-28-15-20(14-27-28)22-10-18-9-21(25-12-19(18)13-26-22)11-23(29)17-6-4-16(5-7-17)3-2-8-24/h9-10,12-17H,2-8,11H2,1H3. The number of rotatable bonds is 7. The van der Waals surface area contributed by atoms with E-state index in [4.69, 9.17) is 0 Å². The van der Waals surface area contributed by atoms with Crippen LogP contribution in [0.4, 0.5) is 4.39 Å². The lowest BCUT2D eigenvalue weighted by Gasteiger charge is -2.27. The van der Waals surface area contributed by atoms with Gasteiger partial charge in [0.05, 0.1) is 18.6 Å². The second kappa shape index (κ2) is 8.80.